The van der Waals surface area contributed by atoms with Crippen molar-refractivity contribution in [3.8, 4) is 0 Å². The first-order chi connectivity index (χ1) is 19.1. The van der Waals surface area contributed by atoms with E-state index in [0.29, 0.717) is 11.1 Å². The number of rotatable bonds is 8. The molecule has 3 amide bonds. The van der Waals surface area contributed by atoms with Crippen LogP contribution in [-0.2, 0) is 21.2 Å². The van der Waals surface area contributed by atoms with E-state index in [1.165, 1.54) is 4.31 Å². The summed E-state index contributed by atoms with van der Waals surface area (Å²) in [5.74, 6) is -0.388. The fraction of sp³-hybridized carbons (Fsp3) is 0.414. The van der Waals surface area contributed by atoms with Crippen molar-refractivity contribution in [3.63, 3.8) is 0 Å². The van der Waals surface area contributed by atoms with E-state index < -0.39 is 27.2 Å². The quantitative estimate of drug-likeness (QED) is 0.328. The summed E-state index contributed by atoms with van der Waals surface area (Å²) >= 11 is 0. The van der Waals surface area contributed by atoms with Crippen LogP contribution in [0.3, 0.4) is 0 Å². The summed E-state index contributed by atoms with van der Waals surface area (Å²) in [6.45, 7) is 7.88. The number of carbonyl (C=O) groups is 2. The number of hydrogen-bond acceptors (Lipinski definition) is 7. The van der Waals surface area contributed by atoms with Gasteiger partial charge >= 0.3 is 11.7 Å². The van der Waals surface area contributed by atoms with E-state index in [9.17, 15) is 22.8 Å². The van der Waals surface area contributed by atoms with Crippen molar-refractivity contribution in [2.24, 2.45) is 0 Å². The highest BCUT2D eigenvalue weighted by Gasteiger charge is 2.53. The fourth-order valence-electron chi connectivity index (χ4n) is 5.75. The van der Waals surface area contributed by atoms with E-state index in [0.717, 1.165) is 34.6 Å². The van der Waals surface area contributed by atoms with Crippen LogP contribution in [0.15, 0.2) is 62.6 Å². The smallest absolute Gasteiger partial charge is 0.339 e. The maximum Gasteiger partial charge on any atom is 0.339 e. The summed E-state index contributed by atoms with van der Waals surface area (Å²) in [4.78, 5) is 42.8. The van der Waals surface area contributed by atoms with Gasteiger partial charge in [0.05, 0.1) is 4.90 Å². The second-order valence-electron chi connectivity index (χ2n) is 10.3. The SMILES string of the molecule is CCN(CC)c1ccc2c(C)c(CCN3C(=O)NC4(CCN(S(=O)(=O)c5ccccc5)CC4)C3=O)c(=O)oc2c1. The van der Waals surface area contributed by atoms with Crippen molar-refractivity contribution >= 4 is 38.6 Å². The van der Waals surface area contributed by atoms with Gasteiger partial charge in [-0.1, -0.05) is 18.2 Å². The number of imide groups is 1. The molecule has 1 aromatic heterocycles. The van der Waals surface area contributed by atoms with Gasteiger partial charge in [0.1, 0.15) is 11.1 Å². The van der Waals surface area contributed by atoms with Gasteiger partial charge in [0.25, 0.3) is 5.91 Å². The highest BCUT2D eigenvalue weighted by molar-refractivity contribution is 7.89. The molecule has 2 aliphatic heterocycles. The number of anilines is 1. The molecule has 0 atom stereocenters. The molecule has 0 unspecified atom stereocenters. The van der Waals surface area contributed by atoms with Crippen LogP contribution in [-0.4, -0.2) is 67.8 Å². The Morgan fingerprint density at radius 1 is 1.00 bits per heavy atom. The average Bonchev–Trinajstić information content (AvgIpc) is 3.17. The van der Waals surface area contributed by atoms with Gasteiger partial charge in [0, 0.05) is 55.4 Å². The summed E-state index contributed by atoms with van der Waals surface area (Å²) in [7, 11) is -3.69. The molecular formula is C29H34N4O6S. The lowest BCUT2D eigenvalue weighted by Gasteiger charge is -2.36. The van der Waals surface area contributed by atoms with E-state index in [2.05, 4.69) is 24.1 Å². The molecule has 1 spiro atoms. The van der Waals surface area contributed by atoms with Crippen molar-refractivity contribution in [2.45, 2.75) is 50.5 Å². The normalized spacial score (nSPS) is 17.5. The second-order valence-corrected chi connectivity index (χ2v) is 12.2. The zero-order valence-electron chi connectivity index (χ0n) is 23.0. The summed E-state index contributed by atoms with van der Waals surface area (Å²) in [5, 5.41) is 3.62. The Labute approximate surface area is 233 Å². The minimum absolute atomic E-state index is 0.0209. The number of sulfonamides is 1. The predicted molar refractivity (Wildman–Crippen MR) is 152 cm³/mol. The van der Waals surface area contributed by atoms with Crippen LogP contribution in [0.25, 0.3) is 11.0 Å². The molecule has 2 fully saturated rings. The van der Waals surface area contributed by atoms with E-state index in [1.807, 2.05) is 25.1 Å². The molecule has 3 aromatic rings. The summed E-state index contributed by atoms with van der Waals surface area (Å²) < 4.78 is 33.0. The fourth-order valence-corrected chi connectivity index (χ4v) is 7.21. The lowest BCUT2D eigenvalue weighted by molar-refractivity contribution is -0.132. The van der Waals surface area contributed by atoms with Crippen LogP contribution in [0, 0.1) is 6.92 Å². The minimum Gasteiger partial charge on any atom is -0.422 e. The zero-order valence-corrected chi connectivity index (χ0v) is 23.8. The van der Waals surface area contributed by atoms with E-state index >= 15 is 0 Å². The standard InChI is InChI=1S/C29H34N4O6S/c1-4-31(5-2)21-11-12-23-20(3)24(26(34)39-25(23)19-21)13-16-33-27(35)29(30-28(33)36)14-17-32(18-15-29)40(37,38)22-9-7-6-8-10-22/h6-12,19H,4-5,13-18H2,1-3H3,(H,30,36). The highest BCUT2D eigenvalue weighted by atomic mass is 32.2. The molecule has 40 heavy (non-hydrogen) atoms. The van der Waals surface area contributed by atoms with Gasteiger partial charge in [-0.05, 0) is 69.9 Å². The molecule has 0 bridgehead atoms. The minimum atomic E-state index is -3.69. The topological polar surface area (TPSA) is 120 Å². The number of benzene rings is 2. The van der Waals surface area contributed by atoms with Gasteiger partial charge in [-0.25, -0.2) is 18.0 Å². The Kier molecular flexibility index (Phi) is 7.45. The number of nitrogens with one attached hydrogen (secondary N) is 1. The molecule has 2 aromatic carbocycles. The maximum atomic E-state index is 13.4. The molecular weight excluding hydrogens is 532 g/mol. The Morgan fingerprint density at radius 3 is 2.33 bits per heavy atom. The highest BCUT2D eigenvalue weighted by Crippen LogP contribution is 2.32. The molecule has 0 radical (unpaired) electrons. The van der Waals surface area contributed by atoms with Gasteiger partial charge in [0.15, 0.2) is 0 Å². The first-order valence-electron chi connectivity index (χ1n) is 13.6. The molecule has 0 saturated carbocycles. The molecule has 0 aliphatic carbocycles. The van der Waals surface area contributed by atoms with Crippen LogP contribution in [0.5, 0.6) is 0 Å². The summed E-state index contributed by atoms with van der Waals surface area (Å²) in [6.07, 6.45) is 0.504. The average molecular weight is 567 g/mol. The molecule has 2 aliphatic rings. The Balaban J connectivity index is 1.30. The van der Waals surface area contributed by atoms with Gasteiger partial charge in [-0.2, -0.15) is 4.31 Å². The third-order valence-corrected chi connectivity index (χ3v) is 10.1. The van der Waals surface area contributed by atoms with Crippen LogP contribution in [0.1, 0.15) is 37.8 Å². The van der Waals surface area contributed by atoms with E-state index in [-0.39, 0.29) is 49.7 Å². The monoisotopic (exact) mass is 566 g/mol. The number of aryl methyl sites for hydroxylation is 1. The van der Waals surface area contributed by atoms with Crippen molar-refractivity contribution in [3.05, 3.63) is 70.1 Å². The molecule has 11 heteroatoms. The van der Waals surface area contributed by atoms with Crippen LogP contribution < -0.4 is 15.8 Å². The first kappa shape index (κ1) is 27.9. The van der Waals surface area contributed by atoms with E-state index in [4.69, 9.17) is 4.42 Å². The lowest BCUT2D eigenvalue weighted by Crippen LogP contribution is -2.55. The van der Waals surface area contributed by atoms with Crippen molar-refractivity contribution in [1.29, 1.82) is 0 Å². The van der Waals surface area contributed by atoms with Gasteiger partial charge in [0.2, 0.25) is 10.0 Å². The molecule has 5 rings (SSSR count). The number of urea groups is 1. The van der Waals surface area contributed by atoms with Gasteiger partial charge in [-0.15, -0.1) is 0 Å². The van der Waals surface area contributed by atoms with Crippen molar-refractivity contribution < 1.29 is 22.4 Å². The third-order valence-electron chi connectivity index (χ3n) is 8.19. The number of amides is 3. The first-order valence-corrected chi connectivity index (χ1v) is 15.1. The van der Waals surface area contributed by atoms with Crippen LogP contribution >= 0.6 is 0 Å². The summed E-state index contributed by atoms with van der Waals surface area (Å²) in [6, 6.07) is 13.4. The predicted octanol–water partition coefficient (Wildman–Crippen LogP) is 3.27. The van der Waals surface area contributed by atoms with Crippen molar-refractivity contribution in [1.82, 2.24) is 14.5 Å². The molecule has 212 valence electrons. The van der Waals surface area contributed by atoms with Crippen LogP contribution in [0.4, 0.5) is 10.5 Å². The molecule has 2 saturated heterocycles. The zero-order chi connectivity index (χ0) is 28.7. The summed E-state index contributed by atoms with van der Waals surface area (Å²) in [5.41, 5.74) is 1.03. The largest absolute Gasteiger partial charge is 0.422 e. The second kappa shape index (κ2) is 10.7. The number of carbonyl (C=O) groups excluding carboxylic acids is 2. The molecule has 3 heterocycles. The van der Waals surface area contributed by atoms with Gasteiger partial charge in [-0.3, -0.25) is 9.69 Å². The number of piperidine rings is 1. The molecule has 10 nitrogen and oxygen atoms in total. The number of nitrogens with zero attached hydrogens (tertiary/aromatic N) is 3. The maximum absolute atomic E-state index is 13.4. The Bertz CT molecular complexity index is 1610. The Morgan fingerprint density at radius 2 is 1.68 bits per heavy atom. The lowest BCUT2D eigenvalue weighted by atomic mass is 9.88. The number of fused-ring (bicyclic) bond motifs is 1. The number of hydrogen-bond donors (Lipinski definition) is 1. The van der Waals surface area contributed by atoms with E-state index in [1.54, 1.807) is 30.3 Å². The van der Waals surface area contributed by atoms with Crippen molar-refractivity contribution in [2.75, 3.05) is 37.6 Å². The van der Waals surface area contributed by atoms with Gasteiger partial charge < -0.3 is 14.6 Å². The molecule has 1 N–H and O–H groups in total. The van der Waals surface area contributed by atoms with Crippen LogP contribution in [0.2, 0.25) is 0 Å². The Hall–Kier alpha value is -3.70. The third kappa shape index (κ3) is 4.77.